The van der Waals surface area contributed by atoms with Crippen molar-refractivity contribution in [3.8, 4) is 0 Å². The molecule has 1 aliphatic heterocycles. The topological polar surface area (TPSA) is 33.1 Å². The van der Waals surface area contributed by atoms with Crippen LogP contribution in [0.5, 0.6) is 0 Å². The molecule has 0 saturated carbocycles. The van der Waals surface area contributed by atoms with Crippen molar-refractivity contribution in [3.05, 3.63) is 18.0 Å². The Kier molecular flexibility index (Phi) is 5.04. The zero-order chi connectivity index (χ0) is 14.6. The Balaban J connectivity index is 1.64. The van der Waals surface area contributed by atoms with Gasteiger partial charge in [-0.1, -0.05) is 0 Å². The lowest BCUT2D eigenvalue weighted by Crippen LogP contribution is -2.45. The Morgan fingerprint density at radius 2 is 2.05 bits per heavy atom. The summed E-state index contributed by atoms with van der Waals surface area (Å²) in [6.07, 6.45) is 0.132. The maximum absolute atomic E-state index is 12.3. The monoisotopic (exact) mass is 290 g/mol. The molecule has 1 saturated heterocycles. The molecule has 0 bridgehead atoms. The minimum atomic E-state index is -4.08. The first kappa shape index (κ1) is 15.3. The lowest BCUT2D eigenvalue weighted by atomic mass is 10.0. The van der Waals surface area contributed by atoms with Crippen LogP contribution in [0.1, 0.15) is 18.5 Å². The van der Waals surface area contributed by atoms with Gasteiger partial charge in [-0.3, -0.25) is 9.58 Å². The van der Waals surface area contributed by atoms with E-state index in [0.29, 0.717) is 19.1 Å². The highest BCUT2D eigenvalue weighted by Gasteiger charge is 2.32. The highest BCUT2D eigenvalue weighted by molar-refractivity contribution is 5.00. The van der Waals surface area contributed by atoms with Gasteiger partial charge in [-0.05, 0) is 32.0 Å². The van der Waals surface area contributed by atoms with Crippen LogP contribution >= 0.6 is 0 Å². The molecule has 114 valence electrons. The number of piperidine rings is 1. The molecule has 1 N–H and O–H groups in total. The molecule has 20 heavy (non-hydrogen) atoms. The van der Waals surface area contributed by atoms with Gasteiger partial charge >= 0.3 is 6.18 Å². The fraction of sp³-hybridized carbons (Fsp3) is 0.769. The van der Waals surface area contributed by atoms with E-state index in [2.05, 4.69) is 10.4 Å². The summed E-state index contributed by atoms with van der Waals surface area (Å²) in [5, 5.41) is 7.52. The largest absolute Gasteiger partial charge is 0.401 e. The number of nitrogens with zero attached hydrogens (tertiary/aromatic N) is 3. The molecular weight excluding hydrogens is 269 g/mol. The van der Waals surface area contributed by atoms with Crippen LogP contribution in [0.3, 0.4) is 0 Å². The first-order valence-corrected chi connectivity index (χ1v) is 6.93. The van der Waals surface area contributed by atoms with Crippen LogP contribution in [0.4, 0.5) is 13.2 Å². The van der Waals surface area contributed by atoms with E-state index in [-0.39, 0.29) is 0 Å². The smallest absolute Gasteiger partial charge is 0.313 e. The minimum absolute atomic E-state index is 0.327. The number of aromatic nitrogens is 2. The summed E-state index contributed by atoms with van der Waals surface area (Å²) in [5.74, 6) is 0. The summed E-state index contributed by atoms with van der Waals surface area (Å²) in [6, 6.07) is 2.31. The van der Waals surface area contributed by atoms with Crippen LogP contribution in [0.25, 0.3) is 0 Å². The van der Waals surface area contributed by atoms with E-state index < -0.39 is 12.7 Å². The van der Waals surface area contributed by atoms with E-state index in [1.165, 1.54) is 4.90 Å². The molecule has 0 amide bonds. The van der Waals surface area contributed by atoms with E-state index in [4.69, 9.17) is 0 Å². The molecule has 1 fully saturated rings. The maximum atomic E-state index is 12.3. The molecule has 1 aromatic rings. The second-order valence-corrected chi connectivity index (χ2v) is 5.32. The lowest BCUT2D eigenvalue weighted by molar-refractivity contribution is -0.148. The molecular formula is C13H21F3N4. The molecule has 1 aromatic heterocycles. The van der Waals surface area contributed by atoms with Crippen LogP contribution < -0.4 is 5.32 Å². The second kappa shape index (κ2) is 6.58. The van der Waals surface area contributed by atoms with Crippen molar-refractivity contribution >= 4 is 0 Å². The van der Waals surface area contributed by atoms with Gasteiger partial charge in [-0.2, -0.15) is 18.3 Å². The Morgan fingerprint density at radius 3 is 2.60 bits per heavy atom. The highest BCUT2D eigenvalue weighted by atomic mass is 19.4. The first-order chi connectivity index (χ1) is 9.44. The average Bonchev–Trinajstić information content (AvgIpc) is 2.76. The summed E-state index contributed by atoms with van der Waals surface area (Å²) >= 11 is 0. The number of hydrogen-bond donors (Lipinski definition) is 1. The van der Waals surface area contributed by atoms with Gasteiger partial charge in [0.2, 0.25) is 0 Å². The predicted octanol–water partition coefficient (Wildman–Crippen LogP) is 1.58. The number of halogens is 3. The van der Waals surface area contributed by atoms with Crippen LogP contribution in [-0.2, 0) is 13.5 Å². The number of alkyl halides is 3. The van der Waals surface area contributed by atoms with Gasteiger partial charge in [0.25, 0.3) is 0 Å². The molecule has 7 heteroatoms. The number of likely N-dealkylation sites (tertiary alicyclic amines) is 1. The van der Waals surface area contributed by atoms with Gasteiger partial charge in [0.1, 0.15) is 0 Å². The Bertz CT molecular complexity index is 408. The second-order valence-electron chi connectivity index (χ2n) is 5.32. The highest BCUT2D eigenvalue weighted by Crippen LogP contribution is 2.19. The van der Waals surface area contributed by atoms with Crippen molar-refractivity contribution in [1.82, 2.24) is 20.0 Å². The number of nitrogens with one attached hydrogen (secondary N) is 1. The summed E-state index contributed by atoms with van der Waals surface area (Å²) in [6.45, 7) is 1.09. The quantitative estimate of drug-likeness (QED) is 0.894. The van der Waals surface area contributed by atoms with Crippen LogP contribution in [0, 0.1) is 0 Å². The van der Waals surface area contributed by atoms with E-state index >= 15 is 0 Å². The summed E-state index contributed by atoms with van der Waals surface area (Å²) in [7, 11) is 1.91. The van der Waals surface area contributed by atoms with Crippen molar-refractivity contribution in [2.45, 2.75) is 31.5 Å². The summed E-state index contributed by atoms with van der Waals surface area (Å²) < 4.78 is 38.6. The summed E-state index contributed by atoms with van der Waals surface area (Å²) in [5.41, 5.74) is 1.16. The SMILES string of the molecule is Cn1nccc1CCNC1CCN(CC(F)(F)F)CC1. The molecule has 0 aromatic carbocycles. The summed E-state index contributed by atoms with van der Waals surface area (Å²) in [4.78, 5) is 1.49. The predicted molar refractivity (Wildman–Crippen MR) is 70.4 cm³/mol. The third-order valence-electron chi connectivity index (χ3n) is 3.73. The van der Waals surface area contributed by atoms with E-state index in [0.717, 1.165) is 31.5 Å². The lowest BCUT2D eigenvalue weighted by Gasteiger charge is -2.32. The third kappa shape index (κ3) is 4.79. The number of aryl methyl sites for hydroxylation is 1. The van der Waals surface area contributed by atoms with E-state index in [1.54, 1.807) is 6.20 Å². The van der Waals surface area contributed by atoms with Gasteiger partial charge in [-0.15, -0.1) is 0 Å². The molecule has 2 rings (SSSR count). The van der Waals surface area contributed by atoms with E-state index in [9.17, 15) is 13.2 Å². The fourth-order valence-corrected chi connectivity index (χ4v) is 2.60. The van der Waals surface area contributed by atoms with Crippen molar-refractivity contribution in [2.75, 3.05) is 26.2 Å². The van der Waals surface area contributed by atoms with Gasteiger partial charge < -0.3 is 5.32 Å². The van der Waals surface area contributed by atoms with E-state index in [1.807, 2.05) is 17.8 Å². The molecule has 2 heterocycles. The van der Waals surface area contributed by atoms with Crippen molar-refractivity contribution in [2.24, 2.45) is 7.05 Å². The third-order valence-corrected chi connectivity index (χ3v) is 3.73. The van der Waals surface area contributed by atoms with Gasteiger partial charge in [0.05, 0.1) is 6.54 Å². The minimum Gasteiger partial charge on any atom is -0.313 e. The molecule has 1 aliphatic rings. The number of hydrogen-bond acceptors (Lipinski definition) is 3. The Hall–Kier alpha value is -1.08. The van der Waals surface area contributed by atoms with Crippen molar-refractivity contribution in [3.63, 3.8) is 0 Å². The molecule has 0 unspecified atom stereocenters. The standard InChI is InChI=1S/C13H21F3N4/c1-19-12(3-7-18-19)2-6-17-11-4-8-20(9-5-11)10-13(14,15)16/h3,7,11,17H,2,4-6,8-10H2,1H3. The molecule has 0 spiro atoms. The molecule has 0 atom stereocenters. The average molecular weight is 290 g/mol. The zero-order valence-corrected chi connectivity index (χ0v) is 11.7. The van der Waals surface area contributed by atoms with Gasteiger partial charge in [-0.25, -0.2) is 0 Å². The Labute approximate surface area is 116 Å². The molecule has 4 nitrogen and oxygen atoms in total. The van der Waals surface area contributed by atoms with Crippen LogP contribution in [0.15, 0.2) is 12.3 Å². The number of rotatable bonds is 5. The van der Waals surface area contributed by atoms with Crippen molar-refractivity contribution in [1.29, 1.82) is 0 Å². The molecule has 0 aliphatic carbocycles. The Morgan fingerprint density at radius 1 is 1.35 bits per heavy atom. The van der Waals surface area contributed by atoms with Crippen molar-refractivity contribution < 1.29 is 13.2 Å². The zero-order valence-electron chi connectivity index (χ0n) is 11.7. The van der Waals surface area contributed by atoms with Gasteiger partial charge in [0, 0.05) is 37.9 Å². The van der Waals surface area contributed by atoms with Gasteiger partial charge in [0.15, 0.2) is 0 Å². The maximum Gasteiger partial charge on any atom is 0.401 e. The first-order valence-electron chi connectivity index (χ1n) is 6.93. The van der Waals surface area contributed by atoms with Crippen LogP contribution in [0.2, 0.25) is 0 Å². The molecule has 0 radical (unpaired) electrons. The fourth-order valence-electron chi connectivity index (χ4n) is 2.60. The van der Waals surface area contributed by atoms with Crippen LogP contribution in [-0.4, -0.2) is 53.1 Å². The normalized spacial score (nSPS) is 18.6.